The fourth-order valence-corrected chi connectivity index (χ4v) is 4.43. The summed E-state index contributed by atoms with van der Waals surface area (Å²) < 4.78 is 6.43. The molecule has 1 aliphatic rings. The van der Waals surface area contributed by atoms with Gasteiger partial charge in [0.15, 0.2) is 0 Å². The van der Waals surface area contributed by atoms with Gasteiger partial charge in [-0.15, -0.1) is 0 Å². The zero-order valence-electron chi connectivity index (χ0n) is 12.2. The van der Waals surface area contributed by atoms with Crippen LogP contribution in [0.3, 0.4) is 0 Å². The summed E-state index contributed by atoms with van der Waals surface area (Å²) in [5, 5.41) is 0. The molecule has 5 heteroatoms. The van der Waals surface area contributed by atoms with Crippen molar-refractivity contribution in [3.05, 3.63) is 0 Å². The van der Waals surface area contributed by atoms with Crippen LogP contribution in [0.4, 0.5) is 4.79 Å². The summed E-state index contributed by atoms with van der Waals surface area (Å²) in [6.07, 6.45) is 4.69. The van der Waals surface area contributed by atoms with Crippen LogP contribution in [-0.4, -0.2) is 58.0 Å². The minimum absolute atomic E-state index is 0. The second-order valence-electron chi connectivity index (χ2n) is 6.09. The van der Waals surface area contributed by atoms with E-state index in [-0.39, 0.29) is 17.2 Å². The van der Waals surface area contributed by atoms with Crippen molar-refractivity contribution in [1.29, 1.82) is 0 Å². The Kier molecular flexibility index (Phi) is 7.74. The summed E-state index contributed by atoms with van der Waals surface area (Å²) in [4.78, 5) is 14.1. The quantitative estimate of drug-likeness (QED) is 0.604. The van der Waals surface area contributed by atoms with Gasteiger partial charge in [0.2, 0.25) is 0 Å². The number of hydrogen-bond donors (Lipinski definition) is 0. The molecule has 1 saturated carbocycles. The molecule has 0 unspecified atom stereocenters. The van der Waals surface area contributed by atoms with Crippen LogP contribution in [0.5, 0.6) is 0 Å². The minimum Gasteiger partial charge on any atom is -0.412 e. The molecule has 4 nitrogen and oxygen atoms in total. The average molecular weight is 450 g/mol. The van der Waals surface area contributed by atoms with Gasteiger partial charge in [0.25, 0.3) is 0 Å². The Bertz CT molecular complexity index is 257. The second-order valence-corrected chi connectivity index (χ2v) is 7.83. The molecule has 1 rings (SSSR count). The van der Waals surface area contributed by atoms with Gasteiger partial charge in [0.05, 0.1) is 0 Å². The van der Waals surface area contributed by atoms with E-state index < -0.39 is 0 Å². The van der Waals surface area contributed by atoms with Gasteiger partial charge < -0.3 is 5.48 Å². The molecule has 0 bridgehead atoms. The van der Waals surface area contributed by atoms with Gasteiger partial charge in [-0.1, -0.05) is 0 Å². The molecule has 1 aliphatic carbocycles. The Balaban J connectivity index is 0.00000289. The smallest absolute Gasteiger partial charge is 0.412 e. The van der Waals surface area contributed by atoms with E-state index in [1.807, 2.05) is 25.7 Å². The van der Waals surface area contributed by atoms with Crippen LogP contribution >= 0.6 is 0 Å². The second kappa shape index (κ2) is 7.67. The van der Waals surface area contributed by atoms with Crippen LogP contribution < -0.4 is 0 Å². The van der Waals surface area contributed by atoms with Gasteiger partial charge in [-0.3, -0.25) is 0 Å². The van der Waals surface area contributed by atoms with E-state index in [0.29, 0.717) is 31.8 Å². The van der Waals surface area contributed by atoms with Gasteiger partial charge in [0, 0.05) is 0 Å². The third-order valence-corrected chi connectivity index (χ3v) is 5.17. The first-order valence-corrected chi connectivity index (χ1v) is 10.5. The summed E-state index contributed by atoms with van der Waals surface area (Å²) in [7, 11) is 0. The summed E-state index contributed by atoms with van der Waals surface area (Å²) in [5.41, 5.74) is -0.375. The SMILES string of the molecule is CC1CCC(N([CH2][TlH])C(=O)OC(C)(C)C)CC1.O. The summed E-state index contributed by atoms with van der Waals surface area (Å²) >= 11 is 0.609. The van der Waals surface area contributed by atoms with Crippen LogP contribution in [0.1, 0.15) is 53.4 Å². The van der Waals surface area contributed by atoms with E-state index in [0.717, 1.165) is 22.9 Å². The predicted octanol–water partition coefficient (Wildman–Crippen LogP) is 1.84. The fraction of sp³-hybridized carbons (Fsp3) is 0.923. The zero-order chi connectivity index (χ0) is 13.1. The molecule has 1 amide bonds. The number of hydrogen-bond acceptors (Lipinski definition) is 2. The van der Waals surface area contributed by atoms with E-state index in [9.17, 15) is 4.79 Å². The molecule has 105 valence electrons. The van der Waals surface area contributed by atoms with Crippen molar-refractivity contribution in [3.8, 4) is 0 Å². The number of nitrogens with zero attached hydrogens (tertiary/aromatic N) is 1. The van der Waals surface area contributed by atoms with E-state index >= 15 is 0 Å². The van der Waals surface area contributed by atoms with Crippen molar-refractivity contribution in [2.24, 2.45) is 5.92 Å². The summed E-state index contributed by atoms with van der Waals surface area (Å²) in [6, 6.07) is 0.429. The maximum Gasteiger partial charge on any atom is -0.412 e. The monoisotopic (exact) mass is 450 g/mol. The molecular weight excluding hydrogens is 423 g/mol. The number of carbonyl (C=O) groups excluding carboxylic acids is 1. The first kappa shape index (κ1) is 18.2. The minimum atomic E-state index is -0.375. The van der Waals surface area contributed by atoms with E-state index in [2.05, 4.69) is 6.92 Å². The third-order valence-electron chi connectivity index (χ3n) is 3.30. The molecule has 0 saturated heterocycles. The van der Waals surface area contributed by atoms with Crippen LogP contribution in [-0.2, 0) is 4.74 Å². The van der Waals surface area contributed by atoms with E-state index in [4.69, 9.17) is 4.74 Å². The summed E-state index contributed by atoms with van der Waals surface area (Å²) in [5.74, 6) is 0.825. The molecule has 1 fully saturated rings. The maximum absolute atomic E-state index is 12.1. The largest absolute Gasteiger partial charge is 0.412 e. The number of carbonyl (C=O) groups is 1. The molecule has 0 aromatic heterocycles. The molecule has 0 atom stereocenters. The predicted molar refractivity (Wildman–Crippen MR) is 75.1 cm³/mol. The Labute approximate surface area is 126 Å². The average Bonchev–Trinajstić information content (AvgIpc) is 2.19. The molecule has 0 heterocycles. The maximum atomic E-state index is 12.1. The van der Waals surface area contributed by atoms with Gasteiger partial charge in [0.1, 0.15) is 0 Å². The topological polar surface area (TPSA) is 61.0 Å². The van der Waals surface area contributed by atoms with Crippen molar-refractivity contribution in [1.82, 2.24) is 4.90 Å². The van der Waals surface area contributed by atoms with Gasteiger partial charge in [-0.05, 0) is 0 Å². The van der Waals surface area contributed by atoms with E-state index in [1.54, 1.807) is 0 Å². The zero-order valence-corrected chi connectivity index (χ0v) is 17.7. The van der Waals surface area contributed by atoms with Crippen molar-refractivity contribution in [2.75, 3.05) is 4.10 Å². The number of amides is 1. The van der Waals surface area contributed by atoms with Crippen molar-refractivity contribution >= 4 is 31.9 Å². The molecule has 0 radical (unpaired) electrons. The van der Waals surface area contributed by atoms with Crippen LogP contribution in [0, 0.1) is 5.92 Å². The van der Waals surface area contributed by atoms with E-state index in [1.165, 1.54) is 12.8 Å². The number of rotatable bonds is 2. The molecular formula is C13H27NO3Tl. The number of ether oxygens (including phenoxy) is 1. The van der Waals surface area contributed by atoms with Gasteiger partial charge in [-0.2, -0.15) is 0 Å². The molecule has 18 heavy (non-hydrogen) atoms. The van der Waals surface area contributed by atoms with Gasteiger partial charge in [-0.25, -0.2) is 0 Å². The molecule has 0 aromatic rings. The van der Waals surface area contributed by atoms with Crippen molar-refractivity contribution in [2.45, 2.75) is 65.0 Å². The van der Waals surface area contributed by atoms with Crippen molar-refractivity contribution in [3.63, 3.8) is 0 Å². The van der Waals surface area contributed by atoms with Crippen LogP contribution in [0.25, 0.3) is 0 Å². The Hall–Kier alpha value is 0.152. The van der Waals surface area contributed by atoms with Gasteiger partial charge >= 0.3 is 121 Å². The Morgan fingerprint density at radius 2 is 1.78 bits per heavy atom. The molecule has 0 aromatic carbocycles. The molecule has 0 spiro atoms. The fourth-order valence-electron chi connectivity index (χ4n) is 2.30. The summed E-state index contributed by atoms with van der Waals surface area (Å²) in [6.45, 7) is 8.11. The first-order valence-electron chi connectivity index (χ1n) is 6.62. The normalized spacial score (nSPS) is 23.9. The van der Waals surface area contributed by atoms with Crippen molar-refractivity contribution < 1.29 is 15.0 Å². The molecule has 2 N–H and O–H groups in total. The Morgan fingerprint density at radius 3 is 2.17 bits per heavy atom. The Morgan fingerprint density at radius 1 is 1.28 bits per heavy atom. The standard InChI is InChI=1S/C13H24NO2.H2O.Tl.H/c1-10-6-8-11(9-7-10)14(5)12(15)16-13(2,3)4;;;/h10-11H,5-9H2,1-4H3;1H2;;. The van der Waals surface area contributed by atoms with Crippen LogP contribution in [0.2, 0.25) is 0 Å². The molecule has 0 aliphatic heterocycles. The first-order chi connectivity index (χ1) is 7.83. The third kappa shape index (κ3) is 5.86. The van der Waals surface area contributed by atoms with Crippen LogP contribution in [0.15, 0.2) is 0 Å².